The van der Waals surface area contributed by atoms with Gasteiger partial charge in [-0.25, -0.2) is 4.79 Å². The largest absolute Gasteiger partial charge is 0.383 e. The van der Waals surface area contributed by atoms with Crippen molar-refractivity contribution in [1.82, 2.24) is 14.9 Å². The summed E-state index contributed by atoms with van der Waals surface area (Å²) >= 11 is 0. The molecule has 23 heavy (non-hydrogen) atoms. The second kappa shape index (κ2) is 8.82. The number of likely N-dealkylation sites (N-methyl/N-ethyl adjacent to an activating group) is 1. The average Bonchev–Trinajstić information content (AvgIpc) is 2.51. The van der Waals surface area contributed by atoms with E-state index in [1.54, 1.807) is 17.9 Å². The van der Waals surface area contributed by atoms with Gasteiger partial charge in [0.15, 0.2) is 0 Å². The fraction of sp³-hybridized carbons (Fsp3) is 0.533. The number of H-pyrrole nitrogens is 1. The first-order chi connectivity index (χ1) is 11.0. The van der Waals surface area contributed by atoms with E-state index in [-0.39, 0.29) is 24.0 Å². The van der Waals surface area contributed by atoms with E-state index in [0.29, 0.717) is 19.6 Å². The molecule has 1 heterocycles. The Morgan fingerprint density at radius 2 is 2.13 bits per heavy atom. The van der Waals surface area contributed by atoms with Gasteiger partial charge in [-0.3, -0.25) is 19.1 Å². The summed E-state index contributed by atoms with van der Waals surface area (Å²) in [6, 6.07) is 0. The van der Waals surface area contributed by atoms with Crippen molar-refractivity contribution in [2.75, 3.05) is 30.3 Å². The zero-order valence-corrected chi connectivity index (χ0v) is 13.7. The zero-order valence-electron chi connectivity index (χ0n) is 13.7. The number of carbonyl (C=O) groups is 1. The van der Waals surface area contributed by atoms with Crippen LogP contribution in [0.2, 0.25) is 0 Å². The van der Waals surface area contributed by atoms with Crippen LogP contribution in [0.25, 0.3) is 0 Å². The van der Waals surface area contributed by atoms with Gasteiger partial charge in [0.2, 0.25) is 5.91 Å². The van der Waals surface area contributed by atoms with Gasteiger partial charge in [-0.05, 0) is 13.3 Å². The van der Waals surface area contributed by atoms with Crippen LogP contribution < -0.4 is 27.2 Å². The van der Waals surface area contributed by atoms with Crippen molar-refractivity contribution in [2.45, 2.75) is 33.2 Å². The third kappa shape index (κ3) is 4.73. The summed E-state index contributed by atoms with van der Waals surface area (Å²) in [6.45, 7) is 8.48. The molecule has 0 aromatic carbocycles. The maximum absolute atomic E-state index is 12.1. The topological polar surface area (TPSA) is 113 Å². The van der Waals surface area contributed by atoms with Crippen molar-refractivity contribution >= 4 is 17.4 Å². The van der Waals surface area contributed by atoms with Crippen molar-refractivity contribution < 1.29 is 4.79 Å². The maximum Gasteiger partial charge on any atom is 0.330 e. The molecule has 8 heteroatoms. The van der Waals surface area contributed by atoms with Crippen molar-refractivity contribution in [3.05, 3.63) is 33.5 Å². The Hall–Kier alpha value is -2.51. The van der Waals surface area contributed by atoms with Crippen LogP contribution in [-0.4, -0.2) is 35.1 Å². The Kier molecular flexibility index (Phi) is 7.11. The van der Waals surface area contributed by atoms with Crippen LogP contribution in [0.5, 0.6) is 0 Å². The van der Waals surface area contributed by atoms with Crippen LogP contribution in [0.3, 0.4) is 0 Å². The van der Waals surface area contributed by atoms with E-state index in [0.717, 1.165) is 12.8 Å². The summed E-state index contributed by atoms with van der Waals surface area (Å²) in [5.74, 6) is -0.164. The zero-order chi connectivity index (χ0) is 17.4. The summed E-state index contributed by atoms with van der Waals surface area (Å²) < 4.78 is 1.34. The standard InChI is InChI=1S/C15H25N5O3/c1-4-7-9-20-13(16)12(14(22)18-15(20)23)19(6-3)10-11(21)17-8-5-2/h5H,2,4,6-10,16H2,1,3H3,(H,17,21)(H,18,22,23). The minimum Gasteiger partial charge on any atom is -0.383 e. The molecule has 8 nitrogen and oxygen atoms in total. The van der Waals surface area contributed by atoms with E-state index in [9.17, 15) is 14.4 Å². The first-order valence-corrected chi connectivity index (χ1v) is 7.71. The number of carbonyl (C=O) groups excluding carboxylic acids is 1. The molecule has 0 unspecified atom stereocenters. The molecule has 1 aromatic rings. The molecule has 0 aliphatic rings. The molecule has 0 fully saturated rings. The van der Waals surface area contributed by atoms with E-state index in [1.165, 1.54) is 4.57 Å². The quantitative estimate of drug-likeness (QED) is 0.556. The Labute approximate surface area is 135 Å². The van der Waals surface area contributed by atoms with E-state index in [1.807, 2.05) is 6.92 Å². The molecule has 1 amide bonds. The second-order valence-corrected chi connectivity index (χ2v) is 5.11. The van der Waals surface area contributed by atoms with Crippen molar-refractivity contribution in [3.8, 4) is 0 Å². The number of rotatable bonds is 9. The molecular formula is C15H25N5O3. The van der Waals surface area contributed by atoms with Gasteiger partial charge in [0.1, 0.15) is 11.5 Å². The molecule has 0 atom stereocenters. The van der Waals surface area contributed by atoms with Crippen molar-refractivity contribution in [1.29, 1.82) is 0 Å². The van der Waals surface area contributed by atoms with Gasteiger partial charge in [0, 0.05) is 19.6 Å². The van der Waals surface area contributed by atoms with E-state index in [2.05, 4.69) is 16.9 Å². The van der Waals surface area contributed by atoms with Gasteiger partial charge < -0.3 is 16.0 Å². The summed E-state index contributed by atoms with van der Waals surface area (Å²) in [6.07, 6.45) is 3.23. The number of nitrogen functional groups attached to an aromatic ring is 1. The third-order valence-electron chi connectivity index (χ3n) is 3.43. The number of nitrogens with one attached hydrogen (secondary N) is 2. The number of aromatic amines is 1. The minimum absolute atomic E-state index is 0.0242. The molecule has 0 saturated carbocycles. The molecule has 0 aliphatic carbocycles. The summed E-state index contributed by atoms with van der Waals surface area (Å²) in [5, 5.41) is 2.65. The Morgan fingerprint density at radius 1 is 1.43 bits per heavy atom. The Bertz CT molecular complexity index is 662. The highest BCUT2D eigenvalue weighted by Crippen LogP contribution is 2.16. The van der Waals surface area contributed by atoms with Gasteiger partial charge >= 0.3 is 5.69 Å². The lowest BCUT2D eigenvalue weighted by Gasteiger charge is -2.24. The lowest BCUT2D eigenvalue weighted by Crippen LogP contribution is -2.43. The van der Waals surface area contributed by atoms with Crippen LogP contribution in [0.1, 0.15) is 26.7 Å². The highest BCUT2D eigenvalue weighted by Gasteiger charge is 2.19. The molecule has 0 radical (unpaired) electrons. The van der Waals surface area contributed by atoms with Gasteiger partial charge in [-0.2, -0.15) is 0 Å². The Balaban J connectivity index is 3.17. The molecule has 128 valence electrons. The molecule has 0 aliphatic heterocycles. The number of unbranched alkanes of at least 4 members (excludes halogenated alkanes) is 1. The predicted octanol–water partition coefficient (Wildman–Crippen LogP) is 0.0474. The highest BCUT2D eigenvalue weighted by atomic mass is 16.2. The normalized spacial score (nSPS) is 10.3. The van der Waals surface area contributed by atoms with Gasteiger partial charge in [0.25, 0.3) is 5.56 Å². The fourth-order valence-corrected chi connectivity index (χ4v) is 2.19. The molecule has 1 rings (SSSR count). The van der Waals surface area contributed by atoms with Crippen LogP contribution >= 0.6 is 0 Å². The number of nitrogens with two attached hydrogens (primary N) is 1. The first-order valence-electron chi connectivity index (χ1n) is 7.71. The molecule has 0 bridgehead atoms. The van der Waals surface area contributed by atoms with Crippen molar-refractivity contribution in [3.63, 3.8) is 0 Å². The monoisotopic (exact) mass is 323 g/mol. The number of amides is 1. The lowest BCUT2D eigenvalue weighted by molar-refractivity contribution is -0.119. The van der Waals surface area contributed by atoms with Crippen LogP contribution in [-0.2, 0) is 11.3 Å². The van der Waals surface area contributed by atoms with Crippen molar-refractivity contribution in [2.24, 2.45) is 0 Å². The van der Waals surface area contributed by atoms with Crippen LogP contribution in [0, 0.1) is 0 Å². The number of hydrogen-bond acceptors (Lipinski definition) is 5. The first kappa shape index (κ1) is 18.5. The van der Waals surface area contributed by atoms with E-state index >= 15 is 0 Å². The number of anilines is 2. The molecule has 1 aromatic heterocycles. The number of aromatic nitrogens is 2. The molecular weight excluding hydrogens is 298 g/mol. The molecule has 4 N–H and O–H groups in total. The fourth-order valence-electron chi connectivity index (χ4n) is 2.19. The van der Waals surface area contributed by atoms with E-state index < -0.39 is 11.2 Å². The smallest absolute Gasteiger partial charge is 0.330 e. The third-order valence-corrected chi connectivity index (χ3v) is 3.43. The number of nitrogens with zero attached hydrogens (tertiary/aromatic N) is 2. The van der Waals surface area contributed by atoms with Crippen LogP contribution in [0.15, 0.2) is 22.2 Å². The maximum atomic E-state index is 12.1. The molecule has 0 spiro atoms. The summed E-state index contributed by atoms with van der Waals surface area (Å²) in [5.41, 5.74) is 5.07. The van der Waals surface area contributed by atoms with E-state index in [4.69, 9.17) is 5.73 Å². The lowest BCUT2D eigenvalue weighted by atomic mass is 10.3. The number of hydrogen-bond donors (Lipinski definition) is 3. The summed E-state index contributed by atoms with van der Waals surface area (Å²) in [4.78, 5) is 39.7. The minimum atomic E-state index is -0.585. The van der Waals surface area contributed by atoms with Gasteiger partial charge in [0.05, 0.1) is 6.54 Å². The SMILES string of the molecule is C=CCNC(=O)CN(CC)c1c(N)n(CCCC)c(=O)[nH]c1=O. The van der Waals surface area contributed by atoms with Crippen LogP contribution in [0.4, 0.5) is 11.5 Å². The van der Waals surface area contributed by atoms with Gasteiger partial charge in [-0.1, -0.05) is 19.4 Å². The Morgan fingerprint density at radius 3 is 2.70 bits per heavy atom. The summed E-state index contributed by atoms with van der Waals surface area (Å²) in [7, 11) is 0. The predicted molar refractivity (Wildman–Crippen MR) is 91.7 cm³/mol. The van der Waals surface area contributed by atoms with Gasteiger partial charge in [-0.15, -0.1) is 6.58 Å². The average molecular weight is 323 g/mol. The molecule has 0 saturated heterocycles. The second-order valence-electron chi connectivity index (χ2n) is 5.11. The highest BCUT2D eigenvalue weighted by molar-refractivity contribution is 5.82.